The van der Waals surface area contributed by atoms with E-state index in [0.29, 0.717) is 11.9 Å². The fourth-order valence-corrected chi connectivity index (χ4v) is 4.38. The molecule has 0 aliphatic carbocycles. The molecule has 0 saturated heterocycles. The molecule has 1 N–H and O–H groups in total. The van der Waals surface area contributed by atoms with Crippen LogP contribution in [-0.2, 0) is 13.0 Å². The summed E-state index contributed by atoms with van der Waals surface area (Å²) in [4.78, 5) is 24.3. The molecule has 0 aliphatic rings. The van der Waals surface area contributed by atoms with Gasteiger partial charge in [-0.25, -0.2) is 4.98 Å². The first-order valence-corrected chi connectivity index (χ1v) is 10.3. The number of nitrogens with one attached hydrogen (secondary N) is 1. The van der Waals surface area contributed by atoms with Crippen LogP contribution in [-0.4, -0.2) is 28.5 Å². The van der Waals surface area contributed by atoms with Gasteiger partial charge in [0.15, 0.2) is 0 Å². The average Bonchev–Trinajstić information content (AvgIpc) is 3.14. The monoisotopic (exact) mass is 389 g/mol. The number of aromatic nitrogens is 2. The van der Waals surface area contributed by atoms with Crippen LogP contribution in [0.5, 0.6) is 0 Å². The summed E-state index contributed by atoms with van der Waals surface area (Å²) < 4.78 is 0. The highest BCUT2D eigenvalue weighted by molar-refractivity contribution is 7.21. The van der Waals surface area contributed by atoms with Crippen molar-refractivity contribution in [2.75, 3.05) is 13.6 Å². The van der Waals surface area contributed by atoms with Crippen LogP contribution in [0.4, 0.5) is 0 Å². The summed E-state index contributed by atoms with van der Waals surface area (Å²) in [6, 6.07) is 22.6. The molecule has 0 unspecified atom stereocenters. The number of thiophene rings is 1. The highest BCUT2D eigenvalue weighted by atomic mass is 32.1. The van der Waals surface area contributed by atoms with Crippen molar-refractivity contribution in [2.45, 2.75) is 19.4 Å². The van der Waals surface area contributed by atoms with Gasteiger partial charge in [-0.3, -0.25) is 9.69 Å². The van der Waals surface area contributed by atoms with Gasteiger partial charge in [0.05, 0.1) is 11.9 Å². The van der Waals surface area contributed by atoms with Gasteiger partial charge >= 0.3 is 0 Å². The Morgan fingerprint density at radius 3 is 2.50 bits per heavy atom. The summed E-state index contributed by atoms with van der Waals surface area (Å²) in [7, 11) is 2.07. The molecule has 0 aliphatic heterocycles. The minimum Gasteiger partial charge on any atom is -0.309 e. The second-order valence-corrected chi connectivity index (χ2v) is 8.07. The Balaban J connectivity index is 1.44. The number of rotatable bonds is 7. The van der Waals surface area contributed by atoms with E-state index < -0.39 is 0 Å². The van der Waals surface area contributed by atoms with Crippen molar-refractivity contribution in [2.24, 2.45) is 0 Å². The number of aryl methyl sites for hydroxylation is 1. The second kappa shape index (κ2) is 8.50. The highest BCUT2D eigenvalue weighted by Gasteiger charge is 2.11. The minimum atomic E-state index is -0.0592. The molecule has 4 aromatic rings. The first-order valence-electron chi connectivity index (χ1n) is 9.50. The second-order valence-electron chi connectivity index (χ2n) is 7.04. The van der Waals surface area contributed by atoms with E-state index in [1.165, 1.54) is 5.56 Å². The van der Waals surface area contributed by atoms with E-state index in [9.17, 15) is 4.79 Å². The normalized spacial score (nSPS) is 11.4. The maximum Gasteiger partial charge on any atom is 0.259 e. The van der Waals surface area contributed by atoms with E-state index in [2.05, 4.69) is 53.3 Å². The summed E-state index contributed by atoms with van der Waals surface area (Å²) in [6.07, 6.45) is 2.13. The van der Waals surface area contributed by atoms with Gasteiger partial charge in [-0.05, 0) is 43.6 Å². The van der Waals surface area contributed by atoms with Crippen LogP contribution in [0.2, 0.25) is 0 Å². The third-order valence-corrected chi connectivity index (χ3v) is 5.86. The van der Waals surface area contributed by atoms with Crippen LogP contribution in [0.1, 0.15) is 17.8 Å². The zero-order chi connectivity index (χ0) is 19.3. The lowest BCUT2D eigenvalue weighted by molar-refractivity contribution is 0.314. The van der Waals surface area contributed by atoms with Crippen molar-refractivity contribution < 1.29 is 0 Å². The van der Waals surface area contributed by atoms with Crippen LogP contribution in [0.3, 0.4) is 0 Å². The Labute approximate surface area is 168 Å². The third-order valence-electron chi connectivity index (χ3n) is 4.78. The number of aromatic amines is 1. The van der Waals surface area contributed by atoms with Crippen molar-refractivity contribution in [3.05, 3.63) is 88.5 Å². The van der Waals surface area contributed by atoms with Crippen molar-refractivity contribution in [3.63, 3.8) is 0 Å². The molecule has 0 amide bonds. The minimum absolute atomic E-state index is 0.0592. The number of benzene rings is 2. The molecule has 0 bridgehead atoms. The van der Waals surface area contributed by atoms with Gasteiger partial charge in [-0.1, -0.05) is 60.7 Å². The van der Waals surface area contributed by atoms with Gasteiger partial charge in [0.25, 0.3) is 5.56 Å². The highest BCUT2D eigenvalue weighted by Crippen LogP contribution is 2.30. The molecule has 0 atom stereocenters. The molecule has 142 valence electrons. The first kappa shape index (κ1) is 18.6. The number of fused-ring (bicyclic) bond motifs is 1. The topological polar surface area (TPSA) is 49.0 Å². The Bertz CT molecular complexity index is 1100. The van der Waals surface area contributed by atoms with Crippen LogP contribution >= 0.6 is 11.3 Å². The summed E-state index contributed by atoms with van der Waals surface area (Å²) in [6.45, 7) is 1.59. The molecule has 0 spiro atoms. The lowest BCUT2D eigenvalue weighted by Crippen LogP contribution is -2.23. The van der Waals surface area contributed by atoms with E-state index in [1.54, 1.807) is 11.3 Å². The Hall–Kier alpha value is -2.76. The number of hydrogen-bond donors (Lipinski definition) is 1. The molecule has 4 nitrogen and oxygen atoms in total. The van der Waals surface area contributed by atoms with Gasteiger partial charge in [0.2, 0.25) is 0 Å². The maximum atomic E-state index is 12.5. The molecule has 2 heterocycles. The molecule has 5 heteroatoms. The number of nitrogens with zero attached hydrogens (tertiary/aromatic N) is 2. The van der Waals surface area contributed by atoms with E-state index in [-0.39, 0.29) is 5.56 Å². The zero-order valence-corrected chi connectivity index (χ0v) is 16.7. The van der Waals surface area contributed by atoms with Crippen LogP contribution in [0, 0.1) is 0 Å². The standard InChI is InChI=1S/C23H23N3OS/c1-26(14-8-11-17-9-4-2-5-10-17)16-21-24-22(27)19-15-20(28-23(19)25-21)18-12-6-3-7-13-18/h2-7,9-10,12-13,15H,8,11,14,16H2,1H3,(H,24,25,27). The lowest BCUT2D eigenvalue weighted by atomic mass is 10.1. The van der Waals surface area contributed by atoms with Gasteiger partial charge in [0.1, 0.15) is 10.7 Å². The molecule has 2 aromatic carbocycles. The van der Waals surface area contributed by atoms with Crippen molar-refractivity contribution in [3.8, 4) is 10.4 Å². The van der Waals surface area contributed by atoms with Crippen molar-refractivity contribution in [1.29, 1.82) is 0 Å². The summed E-state index contributed by atoms with van der Waals surface area (Å²) >= 11 is 1.57. The van der Waals surface area contributed by atoms with Gasteiger partial charge in [-0.2, -0.15) is 0 Å². The maximum absolute atomic E-state index is 12.5. The molecular weight excluding hydrogens is 366 g/mol. The van der Waals surface area contributed by atoms with E-state index in [4.69, 9.17) is 4.98 Å². The molecule has 28 heavy (non-hydrogen) atoms. The fourth-order valence-electron chi connectivity index (χ4n) is 3.33. The summed E-state index contributed by atoms with van der Waals surface area (Å²) in [5.74, 6) is 0.723. The smallest absolute Gasteiger partial charge is 0.259 e. The fraction of sp³-hybridized carbons (Fsp3) is 0.217. The predicted octanol–water partition coefficient (Wildman–Crippen LogP) is 4.72. The Kier molecular flexibility index (Phi) is 5.65. The molecule has 0 saturated carbocycles. The molecule has 0 fully saturated rings. The third kappa shape index (κ3) is 4.38. The van der Waals surface area contributed by atoms with Gasteiger partial charge < -0.3 is 4.98 Å². The van der Waals surface area contributed by atoms with Crippen molar-refractivity contribution in [1.82, 2.24) is 14.9 Å². The van der Waals surface area contributed by atoms with E-state index in [0.717, 1.165) is 40.5 Å². The number of H-pyrrole nitrogens is 1. The van der Waals surface area contributed by atoms with Crippen molar-refractivity contribution >= 4 is 21.6 Å². The first-order chi connectivity index (χ1) is 13.7. The molecule has 2 aromatic heterocycles. The molecule has 0 radical (unpaired) electrons. The average molecular weight is 390 g/mol. The Morgan fingerprint density at radius 1 is 1.04 bits per heavy atom. The van der Waals surface area contributed by atoms with Crippen LogP contribution in [0.25, 0.3) is 20.7 Å². The van der Waals surface area contributed by atoms with E-state index in [1.807, 2.05) is 30.3 Å². The van der Waals surface area contributed by atoms with Gasteiger partial charge in [-0.15, -0.1) is 11.3 Å². The van der Waals surface area contributed by atoms with Crippen LogP contribution < -0.4 is 5.56 Å². The lowest BCUT2D eigenvalue weighted by Gasteiger charge is -2.15. The van der Waals surface area contributed by atoms with E-state index >= 15 is 0 Å². The summed E-state index contributed by atoms with van der Waals surface area (Å²) in [5, 5.41) is 0.666. The predicted molar refractivity (Wildman–Crippen MR) is 117 cm³/mol. The quantitative estimate of drug-likeness (QED) is 0.498. The number of hydrogen-bond acceptors (Lipinski definition) is 4. The Morgan fingerprint density at radius 2 is 1.75 bits per heavy atom. The summed E-state index contributed by atoms with van der Waals surface area (Å²) in [5.41, 5.74) is 2.41. The molecular formula is C23H23N3OS. The molecule has 4 rings (SSSR count). The SMILES string of the molecule is CN(CCCc1ccccc1)Cc1nc2sc(-c3ccccc3)cc2c(=O)[nH]1. The zero-order valence-electron chi connectivity index (χ0n) is 15.9. The van der Waals surface area contributed by atoms with Gasteiger partial charge in [0, 0.05) is 4.88 Å². The largest absolute Gasteiger partial charge is 0.309 e. The van der Waals surface area contributed by atoms with Crippen LogP contribution in [0.15, 0.2) is 71.5 Å².